The quantitative estimate of drug-likeness (QED) is 0.552. The first-order valence-corrected chi connectivity index (χ1v) is 5.00. The molecule has 4 N–H and O–H groups in total. The highest BCUT2D eigenvalue weighted by Crippen LogP contribution is 2.00. The van der Waals surface area contributed by atoms with E-state index in [4.69, 9.17) is 23.7 Å². The number of carbonyl (C=O) groups is 1. The Kier molecular flexibility index (Phi) is 4.24. The molecule has 0 atom stereocenters. The smallest absolute Gasteiger partial charge is 0.231 e. The summed E-state index contributed by atoms with van der Waals surface area (Å²) in [6, 6.07) is 0. The molecule has 0 spiro atoms. The number of carbonyl (C=O) groups excluding carboxylic acids is 1. The fourth-order valence-corrected chi connectivity index (χ4v) is 1.73. The van der Waals surface area contributed by atoms with Crippen LogP contribution in [0.2, 0.25) is 0 Å². The van der Waals surface area contributed by atoms with Gasteiger partial charge in [0.15, 0.2) is 0 Å². The topological polar surface area (TPSA) is 75.6 Å². The van der Waals surface area contributed by atoms with Crippen molar-refractivity contribution in [1.29, 1.82) is 0 Å². The van der Waals surface area contributed by atoms with E-state index >= 15 is 0 Å². The molecule has 0 saturated carbocycles. The lowest BCUT2D eigenvalue weighted by Crippen LogP contribution is -2.50. The Morgan fingerprint density at radius 2 is 1.50 bits per heavy atom. The third-order valence-corrected chi connectivity index (χ3v) is 2.35. The lowest BCUT2D eigenvalue weighted by molar-refractivity contribution is -0.119. The highest BCUT2D eigenvalue weighted by atomic mass is 32.1. The molecule has 0 unspecified atom stereocenters. The van der Waals surface area contributed by atoms with Crippen LogP contribution in [0.15, 0.2) is 0 Å². The van der Waals surface area contributed by atoms with Crippen molar-refractivity contribution >= 4 is 23.1 Å². The molecule has 1 aliphatic heterocycles. The molecule has 1 saturated heterocycles. The lowest BCUT2D eigenvalue weighted by Gasteiger charge is -2.33. The average Bonchev–Trinajstić information content (AvgIpc) is 2.06. The Balaban J connectivity index is 2.24. The van der Waals surface area contributed by atoms with Gasteiger partial charge in [-0.15, -0.1) is 0 Å². The van der Waals surface area contributed by atoms with Crippen molar-refractivity contribution in [2.45, 2.75) is 0 Å². The number of piperazine rings is 1. The van der Waals surface area contributed by atoms with E-state index in [1.807, 2.05) is 4.90 Å². The molecule has 14 heavy (non-hydrogen) atoms. The fraction of sp³-hybridized carbons (Fsp3) is 0.750. The molecular weight excluding hydrogens is 200 g/mol. The zero-order chi connectivity index (χ0) is 10.6. The first-order chi connectivity index (χ1) is 6.58. The number of hydrogen-bond acceptors (Lipinski definition) is 4. The van der Waals surface area contributed by atoms with Crippen LogP contribution < -0.4 is 11.5 Å². The summed E-state index contributed by atoms with van der Waals surface area (Å²) in [5, 5.41) is 0. The minimum Gasteiger partial charge on any atom is -0.392 e. The van der Waals surface area contributed by atoms with Crippen LogP contribution >= 0.6 is 12.2 Å². The van der Waals surface area contributed by atoms with Crippen LogP contribution in [0.4, 0.5) is 0 Å². The maximum Gasteiger partial charge on any atom is 0.231 e. The molecule has 1 aliphatic rings. The van der Waals surface area contributed by atoms with Crippen molar-refractivity contribution < 1.29 is 4.79 Å². The van der Waals surface area contributed by atoms with E-state index in [0.29, 0.717) is 18.1 Å². The highest BCUT2D eigenvalue weighted by Gasteiger charge is 2.17. The summed E-state index contributed by atoms with van der Waals surface area (Å²) in [5.41, 5.74) is 10.5. The summed E-state index contributed by atoms with van der Waals surface area (Å²) in [4.78, 5) is 15.4. The van der Waals surface area contributed by atoms with Crippen LogP contribution in [0.25, 0.3) is 0 Å². The van der Waals surface area contributed by atoms with Gasteiger partial charge in [0.25, 0.3) is 0 Å². The predicted molar refractivity (Wildman–Crippen MR) is 58.9 cm³/mol. The van der Waals surface area contributed by atoms with E-state index < -0.39 is 0 Å². The summed E-state index contributed by atoms with van der Waals surface area (Å²) in [6.45, 7) is 4.51. The normalized spacial score (nSPS) is 19.4. The molecule has 0 aromatic rings. The van der Waals surface area contributed by atoms with Gasteiger partial charge in [0, 0.05) is 32.7 Å². The van der Waals surface area contributed by atoms with Crippen LogP contribution in [0.3, 0.4) is 0 Å². The summed E-state index contributed by atoms with van der Waals surface area (Å²) in [7, 11) is 0. The van der Waals surface area contributed by atoms with E-state index in [-0.39, 0.29) is 5.91 Å². The minimum absolute atomic E-state index is 0.271. The maximum absolute atomic E-state index is 10.7. The van der Waals surface area contributed by atoms with Gasteiger partial charge in [-0.3, -0.25) is 14.6 Å². The fourth-order valence-electron chi connectivity index (χ4n) is 1.55. The Hall–Kier alpha value is -0.720. The maximum atomic E-state index is 10.7. The standard InChI is InChI=1S/C8H16N4OS/c9-7(13)5-11-1-3-12(4-2-11)6-8(10)14/h1-6H2,(H2,9,13)(H2,10,14). The van der Waals surface area contributed by atoms with Crippen molar-refractivity contribution in [2.24, 2.45) is 11.5 Å². The van der Waals surface area contributed by atoms with Crippen molar-refractivity contribution in [1.82, 2.24) is 9.80 Å². The van der Waals surface area contributed by atoms with Gasteiger partial charge in [0.1, 0.15) is 0 Å². The number of hydrogen-bond donors (Lipinski definition) is 2. The second-order valence-corrected chi connectivity index (χ2v) is 4.01. The predicted octanol–water partition coefficient (Wildman–Crippen LogP) is -1.62. The minimum atomic E-state index is -0.271. The monoisotopic (exact) mass is 216 g/mol. The second kappa shape index (κ2) is 5.23. The van der Waals surface area contributed by atoms with Gasteiger partial charge in [0.05, 0.1) is 11.5 Å². The molecule has 0 bridgehead atoms. The van der Waals surface area contributed by atoms with Crippen LogP contribution in [0.5, 0.6) is 0 Å². The van der Waals surface area contributed by atoms with Crippen LogP contribution in [-0.2, 0) is 4.79 Å². The molecule has 1 rings (SSSR count). The van der Waals surface area contributed by atoms with Crippen molar-refractivity contribution in [3.05, 3.63) is 0 Å². The molecule has 1 heterocycles. The highest BCUT2D eigenvalue weighted by molar-refractivity contribution is 7.80. The first kappa shape index (κ1) is 11.4. The second-order valence-electron chi connectivity index (χ2n) is 3.48. The molecule has 0 aliphatic carbocycles. The van der Waals surface area contributed by atoms with E-state index in [1.54, 1.807) is 0 Å². The van der Waals surface area contributed by atoms with E-state index in [0.717, 1.165) is 26.2 Å². The van der Waals surface area contributed by atoms with Crippen molar-refractivity contribution in [3.8, 4) is 0 Å². The summed E-state index contributed by atoms with van der Waals surface area (Å²) in [6.07, 6.45) is 0. The van der Waals surface area contributed by atoms with Crippen LogP contribution in [0, 0.1) is 0 Å². The Bertz CT molecular complexity index is 201. The first-order valence-electron chi connectivity index (χ1n) is 4.59. The molecule has 5 nitrogen and oxygen atoms in total. The van der Waals surface area contributed by atoms with Crippen LogP contribution in [0.1, 0.15) is 0 Å². The third kappa shape index (κ3) is 3.99. The van der Waals surface area contributed by atoms with Gasteiger partial charge in [0.2, 0.25) is 5.91 Å². The number of rotatable bonds is 4. The zero-order valence-electron chi connectivity index (χ0n) is 8.11. The third-order valence-electron chi connectivity index (χ3n) is 2.22. The Labute approximate surface area is 89.0 Å². The van der Waals surface area contributed by atoms with Crippen LogP contribution in [-0.4, -0.2) is 60.0 Å². The van der Waals surface area contributed by atoms with Crippen molar-refractivity contribution in [3.63, 3.8) is 0 Å². The number of primary amides is 1. The van der Waals surface area contributed by atoms with Crippen molar-refractivity contribution in [2.75, 3.05) is 39.3 Å². The molecule has 0 aromatic carbocycles. The SMILES string of the molecule is NC(=O)CN1CCN(CC(N)=S)CC1. The lowest BCUT2D eigenvalue weighted by atomic mass is 10.3. The van der Waals surface area contributed by atoms with Gasteiger partial charge >= 0.3 is 0 Å². The molecule has 6 heteroatoms. The molecule has 1 fully saturated rings. The molecule has 80 valence electrons. The number of nitrogens with two attached hydrogens (primary N) is 2. The van der Waals surface area contributed by atoms with Gasteiger partial charge in [-0.2, -0.15) is 0 Å². The Morgan fingerprint density at radius 3 is 1.86 bits per heavy atom. The van der Waals surface area contributed by atoms with Gasteiger partial charge in [-0.1, -0.05) is 12.2 Å². The van der Waals surface area contributed by atoms with E-state index in [1.165, 1.54) is 0 Å². The van der Waals surface area contributed by atoms with Gasteiger partial charge in [-0.05, 0) is 0 Å². The number of nitrogens with zero attached hydrogens (tertiary/aromatic N) is 2. The molecule has 1 amide bonds. The number of amides is 1. The molecule has 0 radical (unpaired) electrons. The zero-order valence-corrected chi connectivity index (χ0v) is 8.92. The molecular formula is C8H16N4OS. The Morgan fingerprint density at radius 1 is 1.07 bits per heavy atom. The summed E-state index contributed by atoms with van der Waals surface area (Å²) >= 11 is 4.82. The van der Waals surface area contributed by atoms with E-state index in [9.17, 15) is 4.79 Å². The largest absolute Gasteiger partial charge is 0.392 e. The van der Waals surface area contributed by atoms with Gasteiger partial charge in [-0.25, -0.2) is 0 Å². The summed E-state index contributed by atoms with van der Waals surface area (Å²) < 4.78 is 0. The summed E-state index contributed by atoms with van der Waals surface area (Å²) in [5.74, 6) is -0.271. The molecule has 0 aromatic heterocycles. The number of thiocarbonyl (C=S) groups is 1. The van der Waals surface area contributed by atoms with E-state index in [2.05, 4.69) is 4.90 Å². The average molecular weight is 216 g/mol. The van der Waals surface area contributed by atoms with Gasteiger partial charge < -0.3 is 11.5 Å².